The summed E-state index contributed by atoms with van der Waals surface area (Å²) in [5.74, 6) is 0.894. The molecular weight excluding hydrogens is 184 g/mol. The maximum Gasteiger partial charge on any atom is 0.0888 e. The number of hydrogen-bond donors (Lipinski definition) is 0. The van der Waals surface area contributed by atoms with Crippen LogP contribution in [-0.2, 0) is 4.74 Å². The molecule has 0 N–H and O–H groups in total. The molecule has 0 aliphatic rings. The normalized spacial score (nSPS) is 10.9. The number of rotatable bonds is 9. The number of ether oxygens (including phenoxy) is 1. The van der Waals surface area contributed by atoms with Crippen LogP contribution in [-0.4, -0.2) is 6.61 Å². The fourth-order valence-corrected chi connectivity index (χ4v) is 1.33. The van der Waals surface area contributed by atoms with E-state index in [-0.39, 0.29) is 0 Å². The molecule has 0 bridgehead atoms. The van der Waals surface area contributed by atoms with E-state index >= 15 is 0 Å². The molecule has 1 heteroatoms. The molecule has 0 fully saturated rings. The Balaban J connectivity index is 3.61. The standard InChI is InChI=1S/C14H22O/c1-5-10-14(6-2)12-9-8-11-13(4)15-7-3/h5-6,10H,1-2,4,7-9,11-12H2,3H3/b14-10+. The van der Waals surface area contributed by atoms with Crippen LogP contribution in [0.15, 0.2) is 49.3 Å². The second-order valence-corrected chi connectivity index (χ2v) is 3.36. The van der Waals surface area contributed by atoms with Crippen LogP contribution in [0, 0.1) is 0 Å². The molecular formula is C14H22O. The number of unbranched alkanes of at least 4 members (excludes halogenated alkanes) is 1. The third-order valence-electron chi connectivity index (χ3n) is 2.11. The molecule has 0 radical (unpaired) electrons. The lowest BCUT2D eigenvalue weighted by Gasteiger charge is -2.06. The smallest absolute Gasteiger partial charge is 0.0888 e. The topological polar surface area (TPSA) is 9.23 Å². The molecule has 0 saturated carbocycles. The first kappa shape index (κ1) is 13.8. The van der Waals surface area contributed by atoms with Gasteiger partial charge in [0.1, 0.15) is 0 Å². The quantitative estimate of drug-likeness (QED) is 0.309. The molecule has 0 unspecified atom stereocenters. The number of allylic oxidation sites excluding steroid dienone is 5. The van der Waals surface area contributed by atoms with Crippen molar-refractivity contribution in [1.29, 1.82) is 0 Å². The molecule has 84 valence electrons. The summed E-state index contributed by atoms with van der Waals surface area (Å²) in [7, 11) is 0. The van der Waals surface area contributed by atoms with Crippen LogP contribution in [0.2, 0.25) is 0 Å². The van der Waals surface area contributed by atoms with E-state index in [1.807, 2.05) is 19.1 Å². The predicted molar refractivity (Wildman–Crippen MR) is 67.7 cm³/mol. The molecule has 0 amide bonds. The van der Waals surface area contributed by atoms with Crippen LogP contribution in [0.25, 0.3) is 0 Å². The first-order valence-electron chi connectivity index (χ1n) is 5.49. The van der Waals surface area contributed by atoms with E-state index in [9.17, 15) is 0 Å². The molecule has 0 heterocycles. The van der Waals surface area contributed by atoms with Gasteiger partial charge in [-0.25, -0.2) is 0 Å². The Hall–Kier alpha value is -1.24. The van der Waals surface area contributed by atoms with E-state index in [4.69, 9.17) is 4.74 Å². The van der Waals surface area contributed by atoms with Gasteiger partial charge in [0, 0.05) is 6.42 Å². The van der Waals surface area contributed by atoms with Crippen LogP contribution >= 0.6 is 0 Å². The van der Waals surface area contributed by atoms with E-state index in [0.29, 0.717) is 6.61 Å². The van der Waals surface area contributed by atoms with Crippen LogP contribution in [0.4, 0.5) is 0 Å². The Kier molecular flexibility index (Phi) is 8.55. The van der Waals surface area contributed by atoms with Crippen LogP contribution in [0.1, 0.15) is 32.6 Å². The molecule has 0 atom stereocenters. The maximum absolute atomic E-state index is 5.28. The first-order chi connectivity index (χ1) is 7.24. The lowest BCUT2D eigenvalue weighted by molar-refractivity contribution is 0.218. The van der Waals surface area contributed by atoms with E-state index < -0.39 is 0 Å². The number of hydrogen-bond acceptors (Lipinski definition) is 1. The molecule has 0 aliphatic heterocycles. The largest absolute Gasteiger partial charge is 0.499 e. The fraction of sp³-hybridized carbons (Fsp3) is 0.429. The van der Waals surface area contributed by atoms with E-state index in [2.05, 4.69) is 19.7 Å². The van der Waals surface area contributed by atoms with Crippen molar-refractivity contribution in [3.8, 4) is 0 Å². The lowest BCUT2D eigenvalue weighted by Crippen LogP contribution is -1.90. The van der Waals surface area contributed by atoms with Gasteiger partial charge in [-0.3, -0.25) is 0 Å². The SMILES string of the molecule is C=C/C=C(\C=C)CCCCC(=C)OCC. The van der Waals surface area contributed by atoms with Crippen molar-refractivity contribution in [3.05, 3.63) is 49.3 Å². The van der Waals surface area contributed by atoms with Crippen LogP contribution in [0.3, 0.4) is 0 Å². The summed E-state index contributed by atoms with van der Waals surface area (Å²) in [5, 5.41) is 0. The third-order valence-corrected chi connectivity index (χ3v) is 2.11. The third kappa shape index (κ3) is 7.80. The zero-order chi connectivity index (χ0) is 11.5. The van der Waals surface area contributed by atoms with Crippen molar-refractivity contribution >= 4 is 0 Å². The zero-order valence-electron chi connectivity index (χ0n) is 9.80. The first-order valence-corrected chi connectivity index (χ1v) is 5.49. The Morgan fingerprint density at radius 3 is 2.40 bits per heavy atom. The summed E-state index contributed by atoms with van der Waals surface area (Å²) >= 11 is 0. The average Bonchev–Trinajstić information content (AvgIpc) is 2.23. The monoisotopic (exact) mass is 206 g/mol. The van der Waals surface area contributed by atoms with Gasteiger partial charge in [0.05, 0.1) is 12.4 Å². The maximum atomic E-state index is 5.28. The van der Waals surface area contributed by atoms with Gasteiger partial charge >= 0.3 is 0 Å². The summed E-state index contributed by atoms with van der Waals surface area (Å²) in [6.45, 7) is 14.0. The van der Waals surface area contributed by atoms with E-state index in [1.54, 1.807) is 6.08 Å². The summed E-state index contributed by atoms with van der Waals surface area (Å²) in [4.78, 5) is 0. The van der Waals surface area contributed by atoms with Crippen molar-refractivity contribution in [2.75, 3.05) is 6.61 Å². The minimum atomic E-state index is 0.715. The second-order valence-electron chi connectivity index (χ2n) is 3.36. The summed E-state index contributed by atoms with van der Waals surface area (Å²) in [6.07, 6.45) is 9.94. The minimum Gasteiger partial charge on any atom is -0.499 e. The molecule has 0 aromatic heterocycles. The molecule has 0 aliphatic carbocycles. The zero-order valence-corrected chi connectivity index (χ0v) is 9.80. The predicted octanol–water partition coefficient (Wildman–Crippen LogP) is 4.40. The van der Waals surface area contributed by atoms with Crippen molar-refractivity contribution in [2.45, 2.75) is 32.6 Å². The molecule has 1 nitrogen and oxygen atoms in total. The van der Waals surface area contributed by atoms with Gasteiger partial charge in [-0.1, -0.05) is 38.0 Å². The van der Waals surface area contributed by atoms with Crippen molar-refractivity contribution in [2.24, 2.45) is 0 Å². The highest BCUT2D eigenvalue weighted by Gasteiger charge is 1.96. The molecule has 0 aromatic rings. The van der Waals surface area contributed by atoms with Crippen LogP contribution in [0.5, 0.6) is 0 Å². The molecule has 0 saturated heterocycles. The Labute approximate surface area is 93.8 Å². The van der Waals surface area contributed by atoms with Crippen molar-refractivity contribution in [1.82, 2.24) is 0 Å². The minimum absolute atomic E-state index is 0.715. The highest BCUT2D eigenvalue weighted by molar-refractivity contribution is 5.20. The van der Waals surface area contributed by atoms with Gasteiger partial charge in [-0.2, -0.15) is 0 Å². The molecule has 0 rings (SSSR count). The Morgan fingerprint density at radius 1 is 1.20 bits per heavy atom. The summed E-state index contributed by atoms with van der Waals surface area (Å²) in [6, 6.07) is 0. The second kappa shape index (κ2) is 9.32. The van der Waals surface area contributed by atoms with Gasteiger partial charge in [0.2, 0.25) is 0 Å². The van der Waals surface area contributed by atoms with Crippen molar-refractivity contribution in [3.63, 3.8) is 0 Å². The highest BCUT2D eigenvalue weighted by atomic mass is 16.5. The van der Waals surface area contributed by atoms with Gasteiger partial charge in [-0.15, -0.1) is 0 Å². The lowest BCUT2D eigenvalue weighted by atomic mass is 10.1. The highest BCUT2D eigenvalue weighted by Crippen LogP contribution is 2.13. The Morgan fingerprint density at radius 2 is 1.87 bits per heavy atom. The molecule has 0 aromatic carbocycles. The summed E-state index contributed by atoms with van der Waals surface area (Å²) < 4.78 is 5.28. The van der Waals surface area contributed by atoms with Crippen molar-refractivity contribution < 1.29 is 4.74 Å². The fourth-order valence-electron chi connectivity index (χ4n) is 1.33. The Bertz CT molecular complexity index is 236. The van der Waals surface area contributed by atoms with Crippen LogP contribution < -0.4 is 0 Å². The van der Waals surface area contributed by atoms with Gasteiger partial charge in [-0.05, 0) is 31.8 Å². The van der Waals surface area contributed by atoms with E-state index in [0.717, 1.165) is 31.4 Å². The average molecular weight is 206 g/mol. The van der Waals surface area contributed by atoms with Gasteiger partial charge in [0.25, 0.3) is 0 Å². The van der Waals surface area contributed by atoms with Gasteiger partial charge < -0.3 is 4.74 Å². The molecule has 0 spiro atoms. The molecule has 15 heavy (non-hydrogen) atoms. The van der Waals surface area contributed by atoms with E-state index in [1.165, 1.54) is 5.57 Å². The summed E-state index contributed by atoms with van der Waals surface area (Å²) in [5.41, 5.74) is 1.24. The van der Waals surface area contributed by atoms with Gasteiger partial charge in [0.15, 0.2) is 0 Å².